The van der Waals surface area contributed by atoms with Crippen LogP contribution in [0.5, 0.6) is 0 Å². The summed E-state index contributed by atoms with van der Waals surface area (Å²) in [5.74, 6) is 0.632. The molecule has 1 aliphatic rings. The van der Waals surface area contributed by atoms with Gasteiger partial charge in [-0.1, -0.05) is 22.9 Å². The lowest BCUT2D eigenvalue weighted by Crippen LogP contribution is -2.46. The Morgan fingerprint density at radius 1 is 1.11 bits per heavy atom. The third-order valence-electron chi connectivity index (χ3n) is 4.46. The van der Waals surface area contributed by atoms with E-state index in [1.165, 1.54) is 11.3 Å². The largest absolute Gasteiger partial charge is 0.354 e. The van der Waals surface area contributed by atoms with Crippen molar-refractivity contribution < 1.29 is 4.79 Å². The van der Waals surface area contributed by atoms with Crippen molar-refractivity contribution in [2.45, 2.75) is 6.54 Å². The highest BCUT2D eigenvalue weighted by Gasteiger charge is 2.19. The van der Waals surface area contributed by atoms with Crippen molar-refractivity contribution in [2.24, 2.45) is 0 Å². The second-order valence-electron chi connectivity index (χ2n) is 6.33. The van der Waals surface area contributed by atoms with Crippen LogP contribution in [-0.4, -0.2) is 57.2 Å². The minimum atomic E-state index is -0.240. The highest BCUT2D eigenvalue weighted by atomic mass is 35.5. The van der Waals surface area contributed by atoms with Gasteiger partial charge in [-0.2, -0.15) is 0 Å². The summed E-state index contributed by atoms with van der Waals surface area (Å²) >= 11 is 7.16. The van der Waals surface area contributed by atoms with Gasteiger partial charge in [-0.05, 0) is 24.3 Å². The topological polar surface area (TPSA) is 87.1 Å². The van der Waals surface area contributed by atoms with Crippen molar-refractivity contribution in [1.82, 2.24) is 25.1 Å². The lowest BCUT2D eigenvalue weighted by molar-refractivity contribution is 0.102. The van der Waals surface area contributed by atoms with Crippen molar-refractivity contribution in [1.29, 1.82) is 0 Å². The average molecular weight is 416 g/mol. The number of hydrogen-bond donors (Lipinski definition) is 1. The molecule has 0 aliphatic carbocycles. The van der Waals surface area contributed by atoms with Crippen LogP contribution in [0.2, 0.25) is 5.02 Å². The number of pyridine rings is 2. The Labute approximate surface area is 171 Å². The SMILES string of the molecule is O=C(Nc1nncs1)c1ccc(N2CCN(Cc3ccc(Cl)cn3)CC2)nc1. The molecule has 1 N–H and O–H groups in total. The van der Waals surface area contributed by atoms with E-state index in [1.54, 1.807) is 24.0 Å². The van der Waals surface area contributed by atoms with Crippen LogP contribution in [0, 0.1) is 0 Å². The minimum Gasteiger partial charge on any atom is -0.354 e. The summed E-state index contributed by atoms with van der Waals surface area (Å²) in [6.45, 7) is 4.40. The maximum Gasteiger partial charge on any atom is 0.259 e. The molecule has 10 heteroatoms. The van der Waals surface area contributed by atoms with Crippen molar-refractivity contribution in [3.63, 3.8) is 0 Å². The Bertz CT molecular complexity index is 910. The third-order valence-corrected chi connectivity index (χ3v) is 5.29. The number of anilines is 2. The Hall–Kier alpha value is -2.62. The first kappa shape index (κ1) is 18.7. The van der Waals surface area contributed by atoms with Gasteiger partial charge in [-0.3, -0.25) is 20.0 Å². The van der Waals surface area contributed by atoms with Crippen LogP contribution in [0.15, 0.2) is 42.2 Å². The van der Waals surface area contributed by atoms with Crippen molar-refractivity contribution in [3.05, 3.63) is 58.4 Å². The van der Waals surface area contributed by atoms with Crippen molar-refractivity contribution in [2.75, 3.05) is 36.4 Å². The van der Waals surface area contributed by atoms with Crippen LogP contribution in [-0.2, 0) is 6.54 Å². The fourth-order valence-corrected chi connectivity index (χ4v) is 3.52. The summed E-state index contributed by atoms with van der Waals surface area (Å²) in [7, 11) is 0. The van der Waals surface area contributed by atoms with Crippen LogP contribution in [0.4, 0.5) is 10.9 Å². The Balaban J connectivity index is 1.30. The summed E-state index contributed by atoms with van der Waals surface area (Å²) in [6, 6.07) is 7.49. The molecule has 1 amide bonds. The van der Waals surface area contributed by atoms with Gasteiger partial charge >= 0.3 is 0 Å². The maximum atomic E-state index is 12.2. The predicted molar refractivity (Wildman–Crippen MR) is 109 cm³/mol. The molecule has 3 aromatic heterocycles. The lowest BCUT2D eigenvalue weighted by atomic mass is 10.2. The first-order chi connectivity index (χ1) is 13.7. The molecule has 0 radical (unpaired) electrons. The van der Waals surface area contributed by atoms with Gasteiger partial charge in [0.2, 0.25) is 5.13 Å². The van der Waals surface area contributed by atoms with E-state index in [0.29, 0.717) is 15.7 Å². The van der Waals surface area contributed by atoms with E-state index in [2.05, 4.69) is 35.3 Å². The molecule has 1 saturated heterocycles. The molecule has 4 heterocycles. The van der Waals surface area contributed by atoms with Crippen LogP contribution >= 0.6 is 22.9 Å². The van der Waals surface area contributed by atoms with Crippen LogP contribution in [0.25, 0.3) is 0 Å². The molecule has 3 aromatic rings. The number of amides is 1. The molecule has 28 heavy (non-hydrogen) atoms. The number of rotatable bonds is 5. The number of hydrogen-bond acceptors (Lipinski definition) is 8. The van der Waals surface area contributed by atoms with Gasteiger partial charge in [0.1, 0.15) is 11.3 Å². The van der Waals surface area contributed by atoms with Gasteiger partial charge in [-0.15, -0.1) is 10.2 Å². The van der Waals surface area contributed by atoms with Crippen molar-refractivity contribution in [3.8, 4) is 0 Å². The van der Waals surface area contributed by atoms with Gasteiger partial charge in [0, 0.05) is 45.1 Å². The summed E-state index contributed by atoms with van der Waals surface area (Å²) in [4.78, 5) is 25.6. The van der Waals surface area contributed by atoms with E-state index in [9.17, 15) is 4.79 Å². The summed E-state index contributed by atoms with van der Waals surface area (Å²) in [6.07, 6.45) is 3.27. The van der Waals surface area contributed by atoms with Gasteiger partial charge in [0.25, 0.3) is 5.91 Å². The predicted octanol–water partition coefficient (Wildman–Crippen LogP) is 2.56. The molecule has 0 unspecified atom stereocenters. The minimum absolute atomic E-state index is 0.240. The molecular formula is C18H18ClN7OS. The molecular weight excluding hydrogens is 398 g/mol. The van der Waals surface area contributed by atoms with Gasteiger partial charge in [-0.25, -0.2) is 4.98 Å². The Morgan fingerprint density at radius 3 is 2.61 bits per heavy atom. The van der Waals surface area contributed by atoms with E-state index in [1.807, 2.05) is 18.2 Å². The smallest absolute Gasteiger partial charge is 0.259 e. The number of piperazine rings is 1. The Morgan fingerprint density at radius 2 is 1.96 bits per heavy atom. The van der Waals surface area contributed by atoms with Crippen LogP contribution in [0.3, 0.4) is 0 Å². The molecule has 0 spiro atoms. The molecule has 0 saturated carbocycles. The van der Waals surface area contributed by atoms with Crippen LogP contribution < -0.4 is 10.2 Å². The standard InChI is InChI=1S/C18H18ClN7OS/c19-14-2-3-15(20-10-14)11-25-5-7-26(8-6-25)16-4-1-13(9-21-16)17(27)23-18-24-22-12-28-18/h1-4,9-10,12H,5-8,11H2,(H,23,24,27). The van der Waals surface area contributed by atoms with Crippen LogP contribution in [0.1, 0.15) is 16.1 Å². The molecule has 4 rings (SSSR count). The second-order valence-corrected chi connectivity index (χ2v) is 7.60. The third kappa shape index (κ3) is 4.61. The molecule has 0 bridgehead atoms. The normalized spacial score (nSPS) is 14.8. The van der Waals surface area contributed by atoms with E-state index in [-0.39, 0.29) is 5.91 Å². The number of carbonyl (C=O) groups is 1. The quantitative estimate of drug-likeness (QED) is 0.685. The van der Waals surface area contributed by atoms with E-state index >= 15 is 0 Å². The van der Waals surface area contributed by atoms with Gasteiger partial charge in [0.15, 0.2) is 0 Å². The summed E-state index contributed by atoms with van der Waals surface area (Å²) < 4.78 is 0. The molecule has 144 valence electrons. The zero-order valence-electron chi connectivity index (χ0n) is 15.0. The molecule has 1 fully saturated rings. The number of halogens is 1. The fourth-order valence-electron chi connectivity index (χ4n) is 2.97. The highest BCUT2D eigenvalue weighted by molar-refractivity contribution is 7.13. The summed E-state index contributed by atoms with van der Waals surface area (Å²) in [5, 5.41) is 11.3. The monoisotopic (exact) mass is 415 g/mol. The highest BCUT2D eigenvalue weighted by Crippen LogP contribution is 2.17. The molecule has 1 aliphatic heterocycles. The molecule has 0 aromatic carbocycles. The number of nitrogens with one attached hydrogen (secondary N) is 1. The average Bonchev–Trinajstić information content (AvgIpc) is 3.23. The second kappa shape index (κ2) is 8.59. The number of carbonyl (C=O) groups excluding carboxylic acids is 1. The zero-order chi connectivity index (χ0) is 19.3. The Kier molecular flexibility index (Phi) is 5.75. The molecule has 8 nitrogen and oxygen atoms in total. The van der Waals surface area contributed by atoms with Gasteiger partial charge < -0.3 is 4.90 Å². The number of aromatic nitrogens is 4. The van der Waals surface area contributed by atoms with E-state index in [4.69, 9.17) is 11.6 Å². The van der Waals surface area contributed by atoms with Crippen molar-refractivity contribution >= 4 is 39.8 Å². The summed E-state index contributed by atoms with van der Waals surface area (Å²) in [5.41, 5.74) is 3.08. The lowest BCUT2D eigenvalue weighted by Gasteiger charge is -2.35. The zero-order valence-corrected chi connectivity index (χ0v) is 16.5. The fraction of sp³-hybridized carbons (Fsp3) is 0.278. The number of nitrogens with zero attached hydrogens (tertiary/aromatic N) is 6. The van der Waals surface area contributed by atoms with E-state index in [0.717, 1.165) is 44.2 Å². The first-order valence-electron chi connectivity index (χ1n) is 8.79. The van der Waals surface area contributed by atoms with Gasteiger partial charge in [0.05, 0.1) is 16.3 Å². The molecule has 0 atom stereocenters. The van der Waals surface area contributed by atoms with E-state index < -0.39 is 0 Å². The maximum absolute atomic E-state index is 12.2. The first-order valence-corrected chi connectivity index (χ1v) is 10.0.